The van der Waals surface area contributed by atoms with Crippen LogP contribution in [0, 0.1) is 0 Å². The lowest BCUT2D eigenvalue weighted by Crippen LogP contribution is -1.90. The van der Waals surface area contributed by atoms with Gasteiger partial charge in [0, 0.05) is 16.0 Å². The van der Waals surface area contributed by atoms with E-state index in [-0.39, 0.29) is 0 Å². The molecule has 0 aliphatic heterocycles. The molecule has 0 aliphatic rings. The van der Waals surface area contributed by atoms with Gasteiger partial charge in [-0.25, -0.2) is 4.98 Å². The Morgan fingerprint density at radius 3 is 3.00 bits per heavy atom. The molecule has 1 N–H and O–H groups in total. The van der Waals surface area contributed by atoms with Gasteiger partial charge in [-0.1, -0.05) is 19.1 Å². The minimum atomic E-state index is -0.407. The highest BCUT2D eigenvalue weighted by atomic mass is 32.2. The van der Waals surface area contributed by atoms with Gasteiger partial charge in [-0.2, -0.15) is 0 Å². The van der Waals surface area contributed by atoms with E-state index in [9.17, 15) is 5.11 Å². The van der Waals surface area contributed by atoms with Crippen molar-refractivity contribution in [1.29, 1.82) is 0 Å². The smallest absolute Gasteiger partial charge is 0.0928 e. The summed E-state index contributed by atoms with van der Waals surface area (Å²) in [5.74, 6) is 0.892. The third kappa shape index (κ3) is 4.34. The number of aliphatic hydroxyl groups is 1. The van der Waals surface area contributed by atoms with Crippen LogP contribution in [0.4, 0.5) is 0 Å². The van der Waals surface area contributed by atoms with Crippen molar-refractivity contribution >= 4 is 23.1 Å². The molecule has 1 unspecified atom stereocenters. The zero-order valence-electron chi connectivity index (χ0n) is 11.3. The molecular weight excluding hydrogens is 274 g/mol. The van der Waals surface area contributed by atoms with E-state index >= 15 is 0 Å². The van der Waals surface area contributed by atoms with E-state index in [2.05, 4.69) is 29.4 Å². The zero-order valence-corrected chi connectivity index (χ0v) is 12.9. The SMILES string of the molecule is CCCc1nc(CSc2cccc(C(C)O)c2)cs1. The quantitative estimate of drug-likeness (QED) is 0.799. The number of aromatic nitrogens is 1. The van der Waals surface area contributed by atoms with Crippen molar-refractivity contribution in [2.75, 3.05) is 0 Å². The molecule has 2 nitrogen and oxygen atoms in total. The Morgan fingerprint density at radius 1 is 1.42 bits per heavy atom. The monoisotopic (exact) mass is 293 g/mol. The van der Waals surface area contributed by atoms with Crippen LogP contribution in [0.25, 0.3) is 0 Å². The first kappa shape index (κ1) is 14.6. The van der Waals surface area contributed by atoms with Crippen molar-refractivity contribution in [2.45, 2.75) is 43.4 Å². The van der Waals surface area contributed by atoms with Crippen molar-refractivity contribution in [3.05, 3.63) is 45.9 Å². The minimum Gasteiger partial charge on any atom is -0.389 e. The average molecular weight is 293 g/mol. The summed E-state index contributed by atoms with van der Waals surface area (Å²) in [5, 5.41) is 13.0. The molecule has 102 valence electrons. The lowest BCUT2D eigenvalue weighted by molar-refractivity contribution is 0.199. The van der Waals surface area contributed by atoms with Gasteiger partial charge in [-0.15, -0.1) is 23.1 Å². The summed E-state index contributed by atoms with van der Waals surface area (Å²) in [4.78, 5) is 5.80. The molecule has 2 aromatic rings. The Hall–Kier alpha value is -0.840. The lowest BCUT2D eigenvalue weighted by Gasteiger charge is -2.06. The molecule has 0 fully saturated rings. The van der Waals surface area contributed by atoms with Crippen LogP contribution in [0.1, 0.15) is 42.6 Å². The highest BCUT2D eigenvalue weighted by Gasteiger charge is 2.05. The van der Waals surface area contributed by atoms with Crippen LogP contribution in [-0.4, -0.2) is 10.1 Å². The third-order valence-corrected chi connectivity index (χ3v) is 4.78. The summed E-state index contributed by atoms with van der Waals surface area (Å²) in [6, 6.07) is 8.08. The van der Waals surface area contributed by atoms with Gasteiger partial charge < -0.3 is 5.11 Å². The molecule has 19 heavy (non-hydrogen) atoms. The maximum atomic E-state index is 9.58. The van der Waals surface area contributed by atoms with Gasteiger partial charge in [-0.05, 0) is 37.5 Å². The number of aliphatic hydroxyl groups excluding tert-OH is 1. The molecular formula is C15H19NOS2. The van der Waals surface area contributed by atoms with Crippen molar-refractivity contribution in [3.63, 3.8) is 0 Å². The van der Waals surface area contributed by atoms with E-state index in [4.69, 9.17) is 0 Å². The number of thiazole rings is 1. The fourth-order valence-corrected chi connectivity index (χ4v) is 3.63. The van der Waals surface area contributed by atoms with Crippen LogP contribution in [0.2, 0.25) is 0 Å². The molecule has 1 heterocycles. The number of hydrogen-bond acceptors (Lipinski definition) is 4. The molecule has 0 bridgehead atoms. The molecule has 0 radical (unpaired) electrons. The van der Waals surface area contributed by atoms with Crippen LogP contribution in [0.15, 0.2) is 34.5 Å². The molecule has 1 aromatic heterocycles. The van der Waals surface area contributed by atoms with E-state index in [1.54, 1.807) is 30.0 Å². The summed E-state index contributed by atoms with van der Waals surface area (Å²) in [6.07, 6.45) is 1.82. The number of aryl methyl sites for hydroxylation is 1. The van der Waals surface area contributed by atoms with E-state index in [1.165, 1.54) is 9.90 Å². The first-order valence-corrected chi connectivity index (χ1v) is 8.39. The Balaban J connectivity index is 1.95. The maximum Gasteiger partial charge on any atom is 0.0928 e. The van der Waals surface area contributed by atoms with Crippen LogP contribution in [0.3, 0.4) is 0 Å². The van der Waals surface area contributed by atoms with E-state index in [0.29, 0.717) is 0 Å². The molecule has 0 spiro atoms. The van der Waals surface area contributed by atoms with Crippen LogP contribution in [0.5, 0.6) is 0 Å². The number of hydrogen-bond donors (Lipinski definition) is 1. The third-order valence-electron chi connectivity index (χ3n) is 2.79. The number of rotatable bonds is 6. The maximum absolute atomic E-state index is 9.58. The summed E-state index contributed by atoms with van der Waals surface area (Å²) in [6.45, 7) is 3.97. The Morgan fingerprint density at radius 2 is 2.26 bits per heavy atom. The van der Waals surface area contributed by atoms with E-state index in [0.717, 1.165) is 29.9 Å². The second kappa shape index (κ2) is 7.08. The van der Waals surface area contributed by atoms with Crippen molar-refractivity contribution in [2.24, 2.45) is 0 Å². The molecule has 0 saturated carbocycles. The predicted octanol–water partition coefficient (Wildman–Crippen LogP) is 4.44. The fraction of sp³-hybridized carbons (Fsp3) is 0.400. The van der Waals surface area contributed by atoms with Crippen LogP contribution < -0.4 is 0 Å². The predicted molar refractivity (Wildman–Crippen MR) is 82.7 cm³/mol. The van der Waals surface area contributed by atoms with Gasteiger partial charge in [0.2, 0.25) is 0 Å². The zero-order chi connectivity index (χ0) is 13.7. The highest BCUT2D eigenvalue weighted by Crippen LogP contribution is 2.26. The molecule has 0 saturated heterocycles. The standard InChI is InChI=1S/C15H19NOS2/c1-3-5-15-16-13(10-19-15)9-18-14-7-4-6-12(8-14)11(2)17/h4,6-8,10-11,17H,3,5,9H2,1-2H3. The van der Waals surface area contributed by atoms with Crippen LogP contribution in [-0.2, 0) is 12.2 Å². The van der Waals surface area contributed by atoms with E-state index in [1.807, 2.05) is 12.1 Å². The first-order valence-electron chi connectivity index (χ1n) is 6.53. The lowest BCUT2D eigenvalue weighted by atomic mass is 10.1. The summed E-state index contributed by atoms with van der Waals surface area (Å²) < 4.78 is 0. The van der Waals surface area contributed by atoms with Gasteiger partial charge in [0.05, 0.1) is 16.8 Å². The molecule has 2 rings (SSSR count). The fourth-order valence-electron chi connectivity index (χ4n) is 1.77. The molecule has 1 aromatic carbocycles. The Labute approximate surface area is 122 Å². The van der Waals surface area contributed by atoms with Crippen molar-refractivity contribution in [3.8, 4) is 0 Å². The average Bonchev–Trinajstić information content (AvgIpc) is 2.85. The summed E-state index contributed by atoms with van der Waals surface area (Å²) in [5.41, 5.74) is 2.12. The highest BCUT2D eigenvalue weighted by molar-refractivity contribution is 7.98. The van der Waals surface area contributed by atoms with E-state index < -0.39 is 6.10 Å². The topological polar surface area (TPSA) is 33.1 Å². The van der Waals surface area contributed by atoms with Crippen LogP contribution >= 0.6 is 23.1 Å². The van der Waals surface area contributed by atoms with Gasteiger partial charge in [0.1, 0.15) is 0 Å². The number of nitrogens with zero attached hydrogens (tertiary/aromatic N) is 1. The first-order chi connectivity index (χ1) is 9.19. The number of benzene rings is 1. The molecule has 4 heteroatoms. The normalized spacial score (nSPS) is 12.6. The molecule has 1 atom stereocenters. The second-order valence-electron chi connectivity index (χ2n) is 4.52. The summed E-state index contributed by atoms with van der Waals surface area (Å²) in [7, 11) is 0. The largest absolute Gasteiger partial charge is 0.389 e. The van der Waals surface area contributed by atoms with Crippen molar-refractivity contribution < 1.29 is 5.11 Å². The Kier molecular flexibility index (Phi) is 5.43. The Bertz CT molecular complexity index is 522. The van der Waals surface area contributed by atoms with Gasteiger partial charge in [0.25, 0.3) is 0 Å². The van der Waals surface area contributed by atoms with Gasteiger partial charge >= 0.3 is 0 Å². The van der Waals surface area contributed by atoms with Gasteiger partial charge in [0.15, 0.2) is 0 Å². The second-order valence-corrected chi connectivity index (χ2v) is 6.51. The minimum absolute atomic E-state index is 0.407. The number of thioether (sulfide) groups is 1. The molecule has 0 amide bonds. The van der Waals surface area contributed by atoms with Gasteiger partial charge in [-0.3, -0.25) is 0 Å². The summed E-state index contributed by atoms with van der Waals surface area (Å²) >= 11 is 3.52. The molecule has 0 aliphatic carbocycles. The van der Waals surface area contributed by atoms with Crippen molar-refractivity contribution in [1.82, 2.24) is 4.98 Å².